The quantitative estimate of drug-likeness (QED) is 0.599. The van der Waals surface area contributed by atoms with Gasteiger partial charge < -0.3 is 10.3 Å². The van der Waals surface area contributed by atoms with Crippen molar-refractivity contribution in [2.24, 2.45) is 5.84 Å². The lowest BCUT2D eigenvalue weighted by atomic mass is 10.2. The first-order valence-corrected chi connectivity index (χ1v) is 6.49. The van der Waals surface area contributed by atoms with Gasteiger partial charge in [-0.3, -0.25) is 15.7 Å². The van der Waals surface area contributed by atoms with Crippen molar-refractivity contribution in [2.75, 3.05) is 32.6 Å². The first-order valence-electron chi connectivity index (χ1n) is 6.49. The van der Waals surface area contributed by atoms with Crippen molar-refractivity contribution in [3.63, 3.8) is 0 Å². The van der Waals surface area contributed by atoms with Gasteiger partial charge in [-0.1, -0.05) is 0 Å². The van der Waals surface area contributed by atoms with Crippen LogP contribution in [0.5, 0.6) is 0 Å². The van der Waals surface area contributed by atoms with Crippen molar-refractivity contribution >= 4 is 5.69 Å². The number of nitrogens with zero attached hydrogens (tertiary/aromatic N) is 3. The van der Waals surface area contributed by atoms with Crippen molar-refractivity contribution in [3.8, 4) is 0 Å². The van der Waals surface area contributed by atoms with Crippen LogP contribution in [0.2, 0.25) is 0 Å². The molecule has 1 aliphatic rings. The summed E-state index contributed by atoms with van der Waals surface area (Å²) >= 11 is 0. The van der Waals surface area contributed by atoms with Crippen molar-refractivity contribution in [2.45, 2.75) is 25.4 Å². The van der Waals surface area contributed by atoms with Crippen molar-refractivity contribution in [1.29, 1.82) is 0 Å². The Labute approximate surface area is 109 Å². The summed E-state index contributed by atoms with van der Waals surface area (Å²) in [4.78, 5) is 9.14. The fraction of sp³-hybridized carbons (Fsp3) is 0.615. The van der Waals surface area contributed by atoms with Crippen LogP contribution in [0, 0.1) is 0 Å². The summed E-state index contributed by atoms with van der Waals surface area (Å²) in [5.41, 5.74) is 4.61. The number of nitrogens with one attached hydrogen (secondary N) is 1. The summed E-state index contributed by atoms with van der Waals surface area (Å²) < 4.78 is 0. The highest BCUT2D eigenvalue weighted by Gasteiger charge is 2.21. The largest absolute Gasteiger partial charge is 0.324 e. The van der Waals surface area contributed by atoms with E-state index in [2.05, 4.69) is 34.3 Å². The predicted molar refractivity (Wildman–Crippen MR) is 74.0 cm³/mol. The molecule has 0 aromatic carbocycles. The monoisotopic (exact) mass is 249 g/mol. The minimum Gasteiger partial charge on any atom is -0.324 e. The zero-order valence-electron chi connectivity index (χ0n) is 11.3. The highest BCUT2D eigenvalue weighted by Crippen LogP contribution is 2.16. The van der Waals surface area contributed by atoms with E-state index in [1.807, 2.05) is 12.1 Å². The summed E-state index contributed by atoms with van der Waals surface area (Å²) in [6, 6.07) is 4.55. The zero-order valence-corrected chi connectivity index (χ0v) is 11.3. The molecule has 3 N–H and O–H groups in total. The lowest BCUT2D eigenvalue weighted by Crippen LogP contribution is -2.36. The molecule has 100 valence electrons. The Morgan fingerprint density at radius 3 is 3.11 bits per heavy atom. The van der Waals surface area contributed by atoms with Gasteiger partial charge in [-0.15, -0.1) is 0 Å². The van der Waals surface area contributed by atoms with E-state index in [9.17, 15) is 0 Å². The Morgan fingerprint density at radius 1 is 1.61 bits per heavy atom. The molecule has 1 aliphatic heterocycles. The number of pyridine rings is 1. The summed E-state index contributed by atoms with van der Waals surface area (Å²) in [5.74, 6) is 5.40. The second-order valence-electron chi connectivity index (χ2n) is 5.15. The Bertz CT molecular complexity index is 381. The third-order valence-corrected chi connectivity index (χ3v) is 3.61. The number of hydrazine groups is 1. The van der Waals surface area contributed by atoms with Gasteiger partial charge in [-0.05, 0) is 45.6 Å². The number of anilines is 1. The van der Waals surface area contributed by atoms with Crippen molar-refractivity contribution in [1.82, 2.24) is 14.8 Å². The van der Waals surface area contributed by atoms with Crippen LogP contribution in [0.15, 0.2) is 18.3 Å². The van der Waals surface area contributed by atoms with E-state index in [-0.39, 0.29) is 0 Å². The van der Waals surface area contributed by atoms with Gasteiger partial charge in [0.1, 0.15) is 0 Å². The van der Waals surface area contributed by atoms with Gasteiger partial charge in [0, 0.05) is 25.3 Å². The van der Waals surface area contributed by atoms with Gasteiger partial charge in [0.25, 0.3) is 0 Å². The third kappa shape index (κ3) is 3.41. The molecule has 1 aromatic heterocycles. The molecule has 0 amide bonds. The van der Waals surface area contributed by atoms with Gasteiger partial charge in [-0.2, -0.15) is 0 Å². The highest BCUT2D eigenvalue weighted by atomic mass is 15.2. The second kappa shape index (κ2) is 6.13. The maximum absolute atomic E-state index is 5.40. The van der Waals surface area contributed by atoms with Crippen LogP contribution < -0.4 is 11.3 Å². The smallest absolute Gasteiger partial charge is 0.0564 e. The maximum Gasteiger partial charge on any atom is 0.0564 e. The molecule has 1 unspecified atom stereocenters. The van der Waals surface area contributed by atoms with Crippen LogP contribution in [0.1, 0.15) is 18.5 Å². The van der Waals surface area contributed by atoms with Gasteiger partial charge in [0.2, 0.25) is 0 Å². The number of likely N-dealkylation sites (tertiary alicyclic amines) is 1. The van der Waals surface area contributed by atoms with Crippen LogP contribution in [-0.4, -0.2) is 48.0 Å². The van der Waals surface area contributed by atoms with E-state index in [0.29, 0.717) is 6.04 Å². The normalized spacial score (nSPS) is 20.6. The standard InChI is InChI=1S/C13H23N5/c1-17(10-13-4-3-7-18(13)2)9-12-8-11(16-14)5-6-15-12/h5-6,8,13H,3-4,7,9-10,14H2,1-2H3,(H,15,16). The molecule has 18 heavy (non-hydrogen) atoms. The molecule has 2 rings (SSSR count). The Hall–Kier alpha value is -1.17. The van der Waals surface area contributed by atoms with Crippen LogP contribution >= 0.6 is 0 Å². The first-order chi connectivity index (χ1) is 8.69. The zero-order chi connectivity index (χ0) is 13.0. The average molecular weight is 249 g/mol. The molecule has 5 heteroatoms. The SMILES string of the molecule is CN(Cc1cc(NN)ccn1)CC1CCCN1C. The molecule has 0 bridgehead atoms. The first kappa shape index (κ1) is 13.3. The van der Waals surface area contributed by atoms with E-state index in [1.54, 1.807) is 6.20 Å². The summed E-state index contributed by atoms with van der Waals surface area (Å²) in [6.45, 7) is 3.18. The van der Waals surface area contributed by atoms with E-state index in [4.69, 9.17) is 5.84 Å². The fourth-order valence-electron chi connectivity index (χ4n) is 2.57. The Morgan fingerprint density at radius 2 is 2.44 bits per heavy atom. The molecule has 0 spiro atoms. The van der Waals surface area contributed by atoms with Crippen LogP contribution in [0.4, 0.5) is 5.69 Å². The Kier molecular flexibility index (Phi) is 4.52. The van der Waals surface area contributed by atoms with E-state index < -0.39 is 0 Å². The average Bonchev–Trinajstić information content (AvgIpc) is 2.75. The molecular weight excluding hydrogens is 226 g/mol. The molecule has 1 fully saturated rings. The van der Waals surface area contributed by atoms with E-state index >= 15 is 0 Å². The number of aromatic nitrogens is 1. The number of likely N-dealkylation sites (N-methyl/N-ethyl adjacent to an activating group) is 2. The van der Waals surface area contributed by atoms with Crippen LogP contribution in [0.3, 0.4) is 0 Å². The molecule has 0 aliphatic carbocycles. The molecular formula is C13H23N5. The number of hydrogen-bond donors (Lipinski definition) is 2. The molecule has 0 saturated carbocycles. The minimum atomic E-state index is 0.686. The number of rotatable bonds is 5. The number of hydrogen-bond acceptors (Lipinski definition) is 5. The lowest BCUT2D eigenvalue weighted by Gasteiger charge is -2.25. The topological polar surface area (TPSA) is 57.4 Å². The molecule has 1 saturated heterocycles. The van der Waals surface area contributed by atoms with Crippen LogP contribution in [0.25, 0.3) is 0 Å². The third-order valence-electron chi connectivity index (χ3n) is 3.61. The van der Waals surface area contributed by atoms with Gasteiger partial charge in [0.15, 0.2) is 0 Å². The molecule has 5 nitrogen and oxygen atoms in total. The number of nitrogen functional groups attached to an aromatic ring is 1. The Balaban J connectivity index is 1.88. The lowest BCUT2D eigenvalue weighted by molar-refractivity contribution is 0.214. The van der Waals surface area contributed by atoms with Gasteiger partial charge in [0.05, 0.1) is 11.4 Å². The van der Waals surface area contributed by atoms with Crippen molar-refractivity contribution < 1.29 is 0 Å². The van der Waals surface area contributed by atoms with E-state index in [0.717, 1.165) is 24.5 Å². The summed E-state index contributed by atoms with van der Waals surface area (Å²) in [5, 5.41) is 0. The predicted octanol–water partition coefficient (Wildman–Crippen LogP) is 0.893. The fourth-order valence-corrected chi connectivity index (χ4v) is 2.57. The van der Waals surface area contributed by atoms with Crippen molar-refractivity contribution in [3.05, 3.63) is 24.0 Å². The molecule has 1 aromatic rings. The molecule has 1 atom stereocenters. The highest BCUT2D eigenvalue weighted by molar-refractivity contribution is 5.41. The summed E-state index contributed by atoms with van der Waals surface area (Å²) in [6.07, 6.45) is 4.42. The maximum atomic E-state index is 5.40. The molecule has 2 heterocycles. The van der Waals surface area contributed by atoms with Gasteiger partial charge >= 0.3 is 0 Å². The van der Waals surface area contributed by atoms with Gasteiger partial charge in [-0.25, -0.2) is 0 Å². The second-order valence-corrected chi connectivity index (χ2v) is 5.15. The van der Waals surface area contributed by atoms with E-state index in [1.165, 1.54) is 19.4 Å². The van der Waals surface area contributed by atoms with Crippen LogP contribution in [-0.2, 0) is 6.54 Å². The minimum absolute atomic E-state index is 0.686. The number of nitrogens with two attached hydrogens (primary N) is 1. The molecule has 0 radical (unpaired) electrons. The summed E-state index contributed by atoms with van der Waals surface area (Å²) in [7, 11) is 4.36.